The molecule has 154 valence electrons. The average molecular weight is 407 g/mol. The number of anilines is 2. The third kappa shape index (κ3) is 3.05. The van der Waals surface area contributed by atoms with E-state index in [-0.39, 0.29) is 31.2 Å². The summed E-state index contributed by atoms with van der Waals surface area (Å²) in [5, 5.41) is 22.2. The molecular formula is C21H21N5O4. The highest BCUT2D eigenvalue weighted by atomic mass is 16.6. The Bertz CT molecular complexity index is 1050. The lowest BCUT2D eigenvalue weighted by atomic mass is 10.0. The monoisotopic (exact) mass is 407 g/mol. The highest BCUT2D eigenvalue weighted by Crippen LogP contribution is 2.42. The van der Waals surface area contributed by atoms with Gasteiger partial charge in [0.2, 0.25) is 0 Å². The van der Waals surface area contributed by atoms with E-state index in [1.165, 1.54) is 0 Å². The lowest BCUT2D eigenvalue weighted by Gasteiger charge is -2.19. The van der Waals surface area contributed by atoms with Gasteiger partial charge in [0.05, 0.1) is 30.0 Å². The third-order valence-corrected chi connectivity index (χ3v) is 6.07. The van der Waals surface area contributed by atoms with E-state index >= 15 is 0 Å². The largest absolute Gasteiger partial charge is 0.481 e. The summed E-state index contributed by atoms with van der Waals surface area (Å²) in [6, 6.07) is 8.15. The van der Waals surface area contributed by atoms with Gasteiger partial charge in [-0.1, -0.05) is 0 Å². The highest BCUT2D eigenvalue weighted by Gasteiger charge is 2.47. The molecule has 4 heterocycles. The number of carbonyl (C=O) groups excluding carboxylic acids is 1. The van der Waals surface area contributed by atoms with E-state index < -0.39 is 5.97 Å². The quantitative estimate of drug-likeness (QED) is 0.783. The second-order valence-corrected chi connectivity index (χ2v) is 7.98. The zero-order valence-electron chi connectivity index (χ0n) is 16.3. The van der Waals surface area contributed by atoms with Gasteiger partial charge in [-0.2, -0.15) is 10.4 Å². The molecule has 0 radical (unpaired) electrons. The van der Waals surface area contributed by atoms with Crippen molar-refractivity contribution in [3.63, 3.8) is 0 Å². The summed E-state index contributed by atoms with van der Waals surface area (Å²) in [5.41, 5.74) is 5.19. The number of carboxylic acids is 1. The summed E-state index contributed by atoms with van der Waals surface area (Å²) in [4.78, 5) is 27.1. The molecule has 0 bridgehead atoms. The standard InChI is InChI=1S/C21H21N5O4/c22-6-7-25-11-14-10-24(12-16(14)23-25)15-4-5-17-13(8-15)9-18-19(2-1-3-20(27)28)30-21(29)26(17)18/h4-5,8,11,18-19H,1-3,7,9-10,12H2,(H,27,28)/t18-,19?/m0/s1. The summed E-state index contributed by atoms with van der Waals surface area (Å²) in [7, 11) is 0. The number of carboxylic acid groups (broad SMARTS) is 1. The molecule has 3 aliphatic heterocycles. The van der Waals surface area contributed by atoms with Crippen LogP contribution in [0.25, 0.3) is 0 Å². The molecule has 3 aliphatic rings. The van der Waals surface area contributed by atoms with Crippen LogP contribution in [0.3, 0.4) is 0 Å². The van der Waals surface area contributed by atoms with Crippen molar-refractivity contribution in [2.45, 2.75) is 57.5 Å². The van der Waals surface area contributed by atoms with Crippen LogP contribution in [-0.2, 0) is 35.6 Å². The van der Waals surface area contributed by atoms with Crippen molar-refractivity contribution in [1.29, 1.82) is 5.26 Å². The van der Waals surface area contributed by atoms with Crippen LogP contribution in [0.5, 0.6) is 0 Å². The zero-order chi connectivity index (χ0) is 20.8. The van der Waals surface area contributed by atoms with Crippen LogP contribution in [-0.4, -0.2) is 39.1 Å². The van der Waals surface area contributed by atoms with Crippen molar-refractivity contribution in [3.05, 3.63) is 41.2 Å². The van der Waals surface area contributed by atoms with E-state index in [1.807, 2.05) is 18.3 Å². The molecule has 2 atom stereocenters. The summed E-state index contributed by atoms with van der Waals surface area (Å²) in [5.74, 6) is -0.832. The van der Waals surface area contributed by atoms with Gasteiger partial charge in [-0.05, 0) is 43.0 Å². The van der Waals surface area contributed by atoms with Crippen LogP contribution in [0.2, 0.25) is 0 Å². The van der Waals surface area contributed by atoms with Crippen LogP contribution in [0.1, 0.15) is 36.1 Å². The van der Waals surface area contributed by atoms with Crippen LogP contribution < -0.4 is 9.80 Å². The molecular weight excluding hydrogens is 386 g/mol. The maximum absolute atomic E-state index is 12.4. The normalized spacial score (nSPS) is 21.2. The fraction of sp³-hybridized carbons (Fsp3) is 0.429. The number of cyclic esters (lactones) is 1. The van der Waals surface area contributed by atoms with Crippen molar-refractivity contribution in [1.82, 2.24) is 9.78 Å². The Balaban J connectivity index is 1.30. The number of hydrogen-bond acceptors (Lipinski definition) is 6. The molecule has 0 aliphatic carbocycles. The van der Waals surface area contributed by atoms with Crippen molar-refractivity contribution >= 4 is 23.4 Å². The number of aliphatic carboxylic acids is 1. The number of aromatic nitrogens is 2. The molecule has 1 N–H and O–H groups in total. The summed E-state index contributed by atoms with van der Waals surface area (Å²) in [6.45, 7) is 1.69. The Morgan fingerprint density at radius 1 is 1.33 bits per heavy atom. The summed E-state index contributed by atoms with van der Waals surface area (Å²) in [6.07, 6.45) is 3.15. The smallest absolute Gasteiger partial charge is 0.415 e. The molecule has 0 spiro atoms. The van der Waals surface area contributed by atoms with Gasteiger partial charge < -0.3 is 14.7 Å². The van der Waals surface area contributed by atoms with E-state index in [0.717, 1.165) is 34.7 Å². The first-order chi connectivity index (χ1) is 14.5. The number of carbonyl (C=O) groups is 2. The molecule has 9 nitrogen and oxygen atoms in total. The van der Waals surface area contributed by atoms with E-state index in [2.05, 4.69) is 22.1 Å². The maximum atomic E-state index is 12.4. The first-order valence-corrected chi connectivity index (χ1v) is 10.0. The minimum Gasteiger partial charge on any atom is -0.481 e. The van der Waals surface area contributed by atoms with Crippen molar-refractivity contribution in [3.8, 4) is 6.07 Å². The fourth-order valence-corrected chi connectivity index (χ4v) is 4.71. The van der Waals surface area contributed by atoms with Gasteiger partial charge in [-0.15, -0.1) is 0 Å². The van der Waals surface area contributed by atoms with Crippen molar-refractivity contribution in [2.24, 2.45) is 0 Å². The third-order valence-electron chi connectivity index (χ3n) is 6.07. The Kier molecular flexibility index (Phi) is 4.35. The van der Waals surface area contributed by atoms with Gasteiger partial charge in [0.25, 0.3) is 0 Å². The predicted octanol–water partition coefficient (Wildman–Crippen LogP) is 2.43. The highest BCUT2D eigenvalue weighted by molar-refractivity contribution is 5.94. The zero-order valence-corrected chi connectivity index (χ0v) is 16.3. The van der Waals surface area contributed by atoms with Crippen molar-refractivity contribution < 1.29 is 19.4 Å². The van der Waals surface area contributed by atoms with Gasteiger partial charge in [-0.25, -0.2) is 4.79 Å². The summed E-state index contributed by atoms with van der Waals surface area (Å²) >= 11 is 0. The summed E-state index contributed by atoms with van der Waals surface area (Å²) < 4.78 is 7.19. The Morgan fingerprint density at radius 2 is 2.20 bits per heavy atom. The SMILES string of the molecule is N#CCn1cc2c(n1)CN(c1ccc3c(c1)C[C@H]1C(CCCC(=O)O)OC(=O)N31)C2. The number of benzene rings is 1. The molecule has 1 amide bonds. The molecule has 1 saturated heterocycles. The number of rotatable bonds is 6. The van der Waals surface area contributed by atoms with Gasteiger partial charge in [0, 0.05) is 30.4 Å². The number of nitriles is 1. The fourth-order valence-electron chi connectivity index (χ4n) is 4.71. The lowest BCUT2D eigenvalue weighted by molar-refractivity contribution is -0.137. The van der Waals surface area contributed by atoms with Crippen LogP contribution in [0.15, 0.2) is 24.4 Å². The van der Waals surface area contributed by atoms with Gasteiger partial charge in [0.15, 0.2) is 0 Å². The first-order valence-electron chi connectivity index (χ1n) is 10.0. The van der Waals surface area contributed by atoms with E-state index in [0.29, 0.717) is 25.8 Å². The Hall–Kier alpha value is -3.54. The minimum absolute atomic E-state index is 0.0684. The lowest BCUT2D eigenvalue weighted by Crippen LogP contribution is -2.33. The molecule has 1 unspecified atom stereocenters. The minimum atomic E-state index is -0.832. The van der Waals surface area contributed by atoms with E-state index in [1.54, 1.807) is 9.58 Å². The van der Waals surface area contributed by atoms with Gasteiger partial charge in [-0.3, -0.25) is 14.4 Å². The predicted molar refractivity (Wildman–Crippen MR) is 106 cm³/mol. The van der Waals surface area contributed by atoms with Crippen LogP contribution in [0.4, 0.5) is 16.2 Å². The van der Waals surface area contributed by atoms with Crippen molar-refractivity contribution in [2.75, 3.05) is 9.80 Å². The topological polar surface area (TPSA) is 112 Å². The Morgan fingerprint density at radius 3 is 2.97 bits per heavy atom. The molecule has 5 rings (SSSR count). The van der Waals surface area contributed by atoms with Crippen LogP contribution >= 0.6 is 0 Å². The van der Waals surface area contributed by atoms with Gasteiger partial charge in [0.1, 0.15) is 12.6 Å². The number of fused-ring (bicyclic) bond motifs is 4. The van der Waals surface area contributed by atoms with Crippen LogP contribution in [0, 0.1) is 11.3 Å². The number of amides is 1. The molecule has 1 fully saturated rings. The van der Waals surface area contributed by atoms with E-state index in [9.17, 15) is 9.59 Å². The molecule has 1 aromatic carbocycles. The maximum Gasteiger partial charge on any atom is 0.415 e. The molecule has 1 aromatic heterocycles. The second-order valence-electron chi connectivity index (χ2n) is 7.98. The molecule has 0 saturated carbocycles. The molecule has 2 aromatic rings. The second kappa shape index (κ2) is 7.06. The molecule has 30 heavy (non-hydrogen) atoms. The first kappa shape index (κ1) is 18.5. The Labute approximate surface area is 173 Å². The number of nitrogens with zero attached hydrogens (tertiary/aromatic N) is 5. The van der Waals surface area contributed by atoms with E-state index in [4.69, 9.17) is 15.1 Å². The number of ether oxygens (including phenoxy) is 1. The van der Waals surface area contributed by atoms with Gasteiger partial charge >= 0.3 is 12.1 Å². The number of hydrogen-bond donors (Lipinski definition) is 1. The molecule has 9 heteroatoms. The average Bonchev–Trinajstić information content (AvgIpc) is 3.42.